The number of halogens is 3. The van der Waals surface area contributed by atoms with Crippen molar-refractivity contribution in [2.24, 2.45) is 17.8 Å². The minimum Gasteiger partial charge on any atom is -0.406 e. The molecule has 0 aliphatic heterocycles. The van der Waals surface area contributed by atoms with Gasteiger partial charge >= 0.3 is 12.4 Å². The average molecular weight is 454 g/mol. The monoisotopic (exact) mass is 453 g/mol. The lowest BCUT2D eigenvalue weighted by molar-refractivity contribution is -0.274. The average Bonchev–Trinajstić information content (AvgIpc) is 2.66. The maximum absolute atomic E-state index is 12.4. The summed E-state index contributed by atoms with van der Waals surface area (Å²) in [5, 5.41) is 8.79. The Morgan fingerprint density at radius 1 is 0.938 bits per heavy atom. The largest absolute Gasteiger partial charge is 0.573 e. The summed E-state index contributed by atoms with van der Waals surface area (Å²) in [5.41, 5.74) is 0.731. The first kappa shape index (κ1) is 22.7. The molecule has 0 radical (unpaired) electrons. The Morgan fingerprint density at radius 3 is 2.09 bits per heavy atom. The van der Waals surface area contributed by atoms with Crippen LogP contribution in [0.1, 0.15) is 50.5 Å². The molecule has 4 saturated carbocycles. The number of hydrogen-bond acceptors (Lipinski definition) is 3. The maximum Gasteiger partial charge on any atom is 0.573 e. The minimum absolute atomic E-state index is 0.0538. The van der Waals surface area contributed by atoms with Crippen LogP contribution in [0.3, 0.4) is 0 Å². The predicted molar refractivity (Wildman–Crippen MR) is 112 cm³/mol. The highest BCUT2D eigenvalue weighted by atomic mass is 19.4. The number of hydrogen-bond donors (Lipinski definition) is 3. The molecule has 1 aromatic rings. The minimum atomic E-state index is -4.71. The maximum atomic E-state index is 12.4. The summed E-state index contributed by atoms with van der Waals surface area (Å²) in [4.78, 5) is 24.4. The first-order valence-corrected chi connectivity index (χ1v) is 11.4. The van der Waals surface area contributed by atoms with E-state index >= 15 is 0 Å². The Kier molecular flexibility index (Phi) is 6.53. The lowest BCUT2D eigenvalue weighted by Gasteiger charge is -2.56. The highest BCUT2D eigenvalue weighted by Gasteiger charge is 2.51. The predicted octanol–water partition coefficient (Wildman–Crippen LogP) is 3.90. The number of amides is 3. The molecule has 3 amide bonds. The Balaban J connectivity index is 1.11. The van der Waals surface area contributed by atoms with Gasteiger partial charge in [0, 0.05) is 25.0 Å². The Labute approximate surface area is 185 Å². The normalized spacial score (nSPS) is 28.3. The molecule has 0 saturated heterocycles. The smallest absolute Gasteiger partial charge is 0.406 e. The number of urea groups is 1. The van der Waals surface area contributed by atoms with Gasteiger partial charge in [-0.3, -0.25) is 4.79 Å². The highest BCUT2D eigenvalue weighted by Crippen LogP contribution is 2.55. The van der Waals surface area contributed by atoms with Crippen molar-refractivity contribution in [1.29, 1.82) is 0 Å². The van der Waals surface area contributed by atoms with Gasteiger partial charge in [0.15, 0.2) is 0 Å². The lowest BCUT2D eigenvalue weighted by atomic mass is 9.53. The standard InChI is InChI=1S/C23H30F3N3O3/c24-23(25,26)32-19-3-1-15(2-4-19)5-7-27-20(30)6-8-28-21(31)29-22-12-16-9-17(13-22)11-18(10-16)14-22/h1-4,16-18H,5-14H2,(H,27,30)(H2,28,29,31). The summed E-state index contributed by atoms with van der Waals surface area (Å²) in [6, 6.07) is 5.36. The topological polar surface area (TPSA) is 79.5 Å². The molecule has 6 nitrogen and oxygen atoms in total. The van der Waals surface area contributed by atoms with E-state index in [0.29, 0.717) is 13.0 Å². The van der Waals surface area contributed by atoms with E-state index in [2.05, 4.69) is 20.7 Å². The van der Waals surface area contributed by atoms with Gasteiger partial charge in [-0.1, -0.05) is 12.1 Å². The highest BCUT2D eigenvalue weighted by molar-refractivity contribution is 5.78. The summed E-state index contributed by atoms with van der Waals surface area (Å²) in [6.07, 6.45) is 3.12. The van der Waals surface area contributed by atoms with E-state index in [4.69, 9.17) is 0 Å². The first-order valence-electron chi connectivity index (χ1n) is 11.4. The van der Waals surface area contributed by atoms with Crippen LogP contribution in [0.4, 0.5) is 18.0 Å². The van der Waals surface area contributed by atoms with Crippen molar-refractivity contribution in [2.45, 2.75) is 63.3 Å². The third-order valence-corrected chi connectivity index (χ3v) is 6.95. The van der Waals surface area contributed by atoms with Crippen molar-refractivity contribution >= 4 is 11.9 Å². The van der Waals surface area contributed by atoms with Crippen molar-refractivity contribution in [3.63, 3.8) is 0 Å². The molecule has 0 spiro atoms. The molecule has 32 heavy (non-hydrogen) atoms. The molecule has 0 heterocycles. The molecule has 176 valence electrons. The third-order valence-electron chi connectivity index (χ3n) is 6.95. The van der Waals surface area contributed by atoms with E-state index in [1.54, 1.807) is 0 Å². The zero-order chi connectivity index (χ0) is 22.8. The van der Waals surface area contributed by atoms with Gasteiger partial charge in [-0.25, -0.2) is 4.79 Å². The molecule has 9 heteroatoms. The van der Waals surface area contributed by atoms with E-state index in [9.17, 15) is 22.8 Å². The van der Waals surface area contributed by atoms with Crippen molar-refractivity contribution < 1.29 is 27.5 Å². The Bertz CT molecular complexity index is 791. The van der Waals surface area contributed by atoms with Crippen molar-refractivity contribution in [3.05, 3.63) is 29.8 Å². The fraction of sp³-hybridized carbons (Fsp3) is 0.652. The van der Waals surface area contributed by atoms with Gasteiger partial charge in [0.1, 0.15) is 5.75 Å². The number of carbonyl (C=O) groups excluding carboxylic acids is 2. The molecule has 4 fully saturated rings. The summed E-state index contributed by atoms with van der Waals surface area (Å²) in [6.45, 7) is 0.616. The molecule has 3 N–H and O–H groups in total. The number of ether oxygens (including phenoxy) is 1. The summed E-state index contributed by atoms with van der Waals surface area (Å²) in [5.74, 6) is 1.79. The zero-order valence-electron chi connectivity index (χ0n) is 18.0. The van der Waals surface area contributed by atoms with Crippen LogP contribution in [-0.2, 0) is 11.2 Å². The molecule has 1 aromatic carbocycles. The Hall–Kier alpha value is -2.45. The quantitative estimate of drug-likeness (QED) is 0.559. The van der Waals surface area contributed by atoms with Gasteiger partial charge in [0.2, 0.25) is 5.91 Å². The van der Waals surface area contributed by atoms with E-state index in [1.165, 1.54) is 43.5 Å². The van der Waals surface area contributed by atoms with Gasteiger partial charge in [0.25, 0.3) is 0 Å². The van der Waals surface area contributed by atoms with Crippen LogP contribution in [0.5, 0.6) is 5.75 Å². The molecule has 4 aliphatic rings. The Morgan fingerprint density at radius 2 is 1.53 bits per heavy atom. The van der Waals surface area contributed by atoms with Gasteiger partial charge in [0.05, 0.1) is 0 Å². The second-order valence-corrected chi connectivity index (χ2v) is 9.62. The first-order chi connectivity index (χ1) is 15.2. The lowest BCUT2D eigenvalue weighted by Crippen LogP contribution is -2.61. The second-order valence-electron chi connectivity index (χ2n) is 9.62. The van der Waals surface area contributed by atoms with Crippen molar-refractivity contribution in [2.75, 3.05) is 13.1 Å². The number of alkyl halides is 3. The van der Waals surface area contributed by atoms with E-state index in [-0.39, 0.29) is 36.2 Å². The second kappa shape index (κ2) is 9.19. The zero-order valence-corrected chi connectivity index (χ0v) is 18.0. The van der Waals surface area contributed by atoms with Crippen LogP contribution in [0.25, 0.3) is 0 Å². The molecule has 0 aromatic heterocycles. The van der Waals surface area contributed by atoms with Crippen LogP contribution in [-0.4, -0.2) is 36.9 Å². The van der Waals surface area contributed by atoms with Gasteiger partial charge in [-0.2, -0.15) is 0 Å². The van der Waals surface area contributed by atoms with Gasteiger partial charge in [-0.05, 0) is 80.4 Å². The number of benzene rings is 1. The van der Waals surface area contributed by atoms with Gasteiger partial charge < -0.3 is 20.7 Å². The van der Waals surface area contributed by atoms with Gasteiger partial charge in [-0.15, -0.1) is 13.2 Å². The number of rotatable bonds is 8. The molecule has 5 rings (SSSR count). The number of carbonyl (C=O) groups is 2. The fourth-order valence-electron chi connectivity index (χ4n) is 6.13. The van der Waals surface area contributed by atoms with Crippen molar-refractivity contribution in [1.82, 2.24) is 16.0 Å². The van der Waals surface area contributed by atoms with Crippen molar-refractivity contribution in [3.8, 4) is 5.75 Å². The SMILES string of the molecule is O=C(CCNC(=O)NC12CC3CC(CC(C3)C1)C2)NCCc1ccc(OC(F)(F)F)cc1. The number of nitrogens with one attached hydrogen (secondary N) is 3. The van der Waals surface area contributed by atoms with E-state index in [0.717, 1.165) is 42.6 Å². The molecule has 4 aliphatic carbocycles. The van der Waals surface area contributed by atoms with Crippen LogP contribution < -0.4 is 20.7 Å². The van der Waals surface area contributed by atoms with Crippen LogP contribution in [0, 0.1) is 17.8 Å². The summed E-state index contributed by atoms with van der Waals surface area (Å²) >= 11 is 0. The third kappa shape index (κ3) is 6.07. The molecular formula is C23H30F3N3O3. The van der Waals surface area contributed by atoms with Crippen LogP contribution in [0.15, 0.2) is 24.3 Å². The summed E-state index contributed by atoms with van der Waals surface area (Å²) in [7, 11) is 0. The molecular weight excluding hydrogens is 423 g/mol. The molecule has 0 atom stereocenters. The molecule has 0 unspecified atom stereocenters. The molecule has 4 bridgehead atoms. The van der Waals surface area contributed by atoms with Crippen LogP contribution in [0.2, 0.25) is 0 Å². The fourth-order valence-corrected chi connectivity index (χ4v) is 6.13. The van der Waals surface area contributed by atoms with Crippen LogP contribution >= 0.6 is 0 Å². The van der Waals surface area contributed by atoms with E-state index in [1.807, 2.05) is 0 Å². The summed E-state index contributed by atoms with van der Waals surface area (Å²) < 4.78 is 40.4. The van der Waals surface area contributed by atoms with E-state index < -0.39 is 6.36 Å².